The molecule has 4 heteroatoms. The van der Waals surface area contributed by atoms with Crippen LogP contribution >= 0.6 is 0 Å². The number of amides is 1. The second kappa shape index (κ2) is 6.02. The maximum atomic E-state index is 12.4. The quantitative estimate of drug-likeness (QED) is 0.813. The van der Waals surface area contributed by atoms with E-state index in [1.807, 2.05) is 0 Å². The fraction of sp³-hybridized carbons (Fsp3) is 0.938. The van der Waals surface area contributed by atoms with E-state index in [1.165, 1.54) is 45.2 Å². The normalized spacial score (nSPS) is 38.3. The van der Waals surface area contributed by atoms with Crippen molar-refractivity contribution in [1.82, 2.24) is 10.2 Å². The average molecular weight is 279 g/mol. The molecule has 1 heterocycles. The van der Waals surface area contributed by atoms with E-state index in [9.17, 15) is 4.79 Å². The lowest BCUT2D eigenvalue weighted by molar-refractivity contribution is -0.127. The number of nitrogens with one attached hydrogen (secondary N) is 1. The summed E-state index contributed by atoms with van der Waals surface area (Å²) in [5.41, 5.74) is 6.24. The zero-order valence-electron chi connectivity index (χ0n) is 12.7. The fourth-order valence-electron chi connectivity index (χ4n) is 4.59. The van der Waals surface area contributed by atoms with E-state index in [0.717, 1.165) is 13.1 Å². The van der Waals surface area contributed by atoms with Crippen molar-refractivity contribution in [3.63, 3.8) is 0 Å². The maximum Gasteiger partial charge on any atom is 0.224 e. The minimum atomic E-state index is 0.101. The minimum absolute atomic E-state index is 0.101. The molecule has 20 heavy (non-hydrogen) atoms. The molecule has 3 aliphatic rings. The molecule has 4 nitrogen and oxygen atoms in total. The molecule has 0 spiro atoms. The van der Waals surface area contributed by atoms with E-state index >= 15 is 0 Å². The molecule has 4 unspecified atom stereocenters. The Morgan fingerprint density at radius 1 is 1.20 bits per heavy atom. The fourth-order valence-corrected chi connectivity index (χ4v) is 4.59. The molecule has 2 saturated carbocycles. The maximum absolute atomic E-state index is 12.4. The lowest BCUT2D eigenvalue weighted by atomic mass is 9.84. The van der Waals surface area contributed by atoms with Crippen LogP contribution < -0.4 is 11.1 Å². The topological polar surface area (TPSA) is 58.4 Å². The second-order valence-corrected chi connectivity index (χ2v) is 7.06. The van der Waals surface area contributed by atoms with Crippen LogP contribution in [0.3, 0.4) is 0 Å². The van der Waals surface area contributed by atoms with E-state index in [-0.39, 0.29) is 17.9 Å². The third kappa shape index (κ3) is 2.73. The van der Waals surface area contributed by atoms with Crippen molar-refractivity contribution in [2.75, 3.05) is 26.2 Å². The van der Waals surface area contributed by atoms with Crippen LogP contribution in [-0.2, 0) is 4.79 Å². The van der Waals surface area contributed by atoms with Gasteiger partial charge in [0.05, 0.1) is 5.92 Å². The van der Waals surface area contributed by atoms with Crippen LogP contribution in [0.2, 0.25) is 0 Å². The minimum Gasteiger partial charge on any atom is -0.356 e. The molecule has 3 fully saturated rings. The van der Waals surface area contributed by atoms with E-state index in [2.05, 4.69) is 17.1 Å². The van der Waals surface area contributed by atoms with Crippen LogP contribution in [0.1, 0.15) is 39.0 Å². The Morgan fingerprint density at radius 3 is 2.50 bits per heavy atom. The molecule has 1 saturated heterocycles. The van der Waals surface area contributed by atoms with Gasteiger partial charge in [0.1, 0.15) is 0 Å². The third-order valence-corrected chi connectivity index (χ3v) is 6.00. The number of hydrogen-bond acceptors (Lipinski definition) is 3. The number of fused-ring (bicyclic) bond motifs is 2. The average Bonchev–Trinajstić information content (AvgIpc) is 3.06. The van der Waals surface area contributed by atoms with Gasteiger partial charge in [-0.25, -0.2) is 0 Å². The van der Waals surface area contributed by atoms with Gasteiger partial charge in [0.15, 0.2) is 0 Å². The predicted molar refractivity (Wildman–Crippen MR) is 80.1 cm³/mol. The van der Waals surface area contributed by atoms with Gasteiger partial charge < -0.3 is 16.0 Å². The van der Waals surface area contributed by atoms with Gasteiger partial charge in [-0.05, 0) is 69.5 Å². The van der Waals surface area contributed by atoms with Crippen LogP contribution in [0.4, 0.5) is 0 Å². The lowest BCUT2D eigenvalue weighted by Gasteiger charge is -2.32. The van der Waals surface area contributed by atoms with E-state index in [4.69, 9.17) is 5.73 Å². The number of rotatable bonds is 4. The van der Waals surface area contributed by atoms with Crippen LogP contribution in [0.15, 0.2) is 0 Å². The molecule has 0 aromatic heterocycles. The Kier molecular flexibility index (Phi) is 4.32. The van der Waals surface area contributed by atoms with Gasteiger partial charge in [-0.1, -0.05) is 6.92 Å². The first-order chi connectivity index (χ1) is 9.69. The molecule has 1 amide bonds. The molecule has 3 N–H and O–H groups in total. The molecule has 3 rings (SSSR count). The van der Waals surface area contributed by atoms with E-state index in [0.29, 0.717) is 17.8 Å². The van der Waals surface area contributed by atoms with Gasteiger partial charge in [-0.3, -0.25) is 4.79 Å². The van der Waals surface area contributed by atoms with E-state index in [1.54, 1.807) is 0 Å². The predicted octanol–water partition coefficient (Wildman–Crippen LogP) is 1.21. The van der Waals surface area contributed by atoms with Crippen LogP contribution in [0.5, 0.6) is 0 Å². The van der Waals surface area contributed by atoms with Crippen molar-refractivity contribution in [3.05, 3.63) is 0 Å². The van der Waals surface area contributed by atoms with Crippen molar-refractivity contribution >= 4 is 5.91 Å². The summed E-state index contributed by atoms with van der Waals surface area (Å²) in [5.74, 6) is 2.18. The Morgan fingerprint density at radius 2 is 1.90 bits per heavy atom. The summed E-state index contributed by atoms with van der Waals surface area (Å²) in [6.07, 6.45) is 6.08. The first-order valence-electron chi connectivity index (χ1n) is 8.44. The molecule has 0 aromatic rings. The molecule has 1 aliphatic heterocycles. The van der Waals surface area contributed by atoms with Crippen molar-refractivity contribution in [2.45, 2.75) is 45.1 Å². The molecule has 0 radical (unpaired) electrons. The largest absolute Gasteiger partial charge is 0.356 e. The number of nitrogens with two attached hydrogens (primary N) is 1. The summed E-state index contributed by atoms with van der Waals surface area (Å²) in [6, 6.07) is 0.121. The number of hydrogen-bond donors (Lipinski definition) is 2. The highest BCUT2D eigenvalue weighted by molar-refractivity contribution is 5.80. The van der Waals surface area contributed by atoms with Crippen molar-refractivity contribution in [1.29, 1.82) is 0 Å². The Labute approximate surface area is 122 Å². The molecule has 0 aromatic carbocycles. The summed E-state index contributed by atoms with van der Waals surface area (Å²) in [6.45, 7) is 6.60. The monoisotopic (exact) mass is 279 g/mol. The second-order valence-electron chi connectivity index (χ2n) is 7.06. The van der Waals surface area contributed by atoms with Crippen molar-refractivity contribution in [3.8, 4) is 0 Å². The molecule has 2 aliphatic carbocycles. The SMILES string of the molecule is CCN1CCC(CNC(=O)C2C3CCC(C3)C2N)CC1. The summed E-state index contributed by atoms with van der Waals surface area (Å²) >= 11 is 0. The number of carbonyl (C=O) groups is 1. The first kappa shape index (κ1) is 14.3. The summed E-state index contributed by atoms with van der Waals surface area (Å²) in [5, 5.41) is 3.20. The molecule has 4 atom stereocenters. The summed E-state index contributed by atoms with van der Waals surface area (Å²) in [7, 11) is 0. The van der Waals surface area contributed by atoms with E-state index < -0.39 is 0 Å². The molecule has 2 bridgehead atoms. The standard InChI is InChI=1S/C16H29N3O/c1-2-19-7-5-11(6-8-19)10-18-16(20)14-12-3-4-13(9-12)15(14)17/h11-15H,2-10,17H2,1H3,(H,18,20). The Hall–Kier alpha value is -0.610. The first-order valence-corrected chi connectivity index (χ1v) is 8.44. The van der Waals surface area contributed by atoms with Crippen molar-refractivity contribution < 1.29 is 4.79 Å². The summed E-state index contributed by atoms with van der Waals surface area (Å²) in [4.78, 5) is 14.9. The van der Waals surface area contributed by atoms with Gasteiger partial charge in [0, 0.05) is 12.6 Å². The van der Waals surface area contributed by atoms with Crippen LogP contribution in [0, 0.1) is 23.7 Å². The molecular weight excluding hydrogens is 250 g/mol. The van der Waals surface area contributed by atoms with Crippen LogP contribution in [-0.4, -0.2) is 43.0 Å². The highest BCUT2D eigenvalue weighted by atomic mass is 16.1. The lowest BCUT2D eigenvalue weighted by Crippen LogP contribution is -2.47. The summed E-state index contributed by atoms with van der Waals surface area (Å²) < 4.78 is 0. The molecular formula is C16H29N3O. The smallest absolute Gasteiger partial charge is 0.224 e. The zero-order valence-corrected chi connectivity index (χ0v) is 12.7. The van der Waals surface area contributed by atoms with Gasteiger partial charge >= 0.3 is 0 Å². The highest BCUT2D eigenvalue weighted by Gasteiger charge is 2.48. The number of nitrogens with zero attached hydrogens (tertiary/aromatic N) is 1. The van der Waals surface area contributed by atoms with Gasteiger partial charge in [0.2, 0.25) is 5.91 Å². The van der Waals surface area contributed by atoms with Crippen molar-refractivity contribution in [2.24, 2.45) is 29.4 Å². The Bertz CT molecular complexity index is 350. The van der Waals surface area contributed by atoms with Gasteiger partial charge in [0.25, 0.3) is 0 Å². The highest BCUT2D eigenvalue weighted by Crippen LogP contribution is 2.47. The molecule has 114 valence electrons. The number of piperidine rings is 1. The van der Waals surface area contributed by atoms with Crippen LogP contribution in [0.25, 0.3) is 0 Å². The zero-order chi connectivity index (χ0) is 14.1. The van der Waals surface area contributed by atoms with Gasteiger partial charge in [-0.15, -0.1) is 0 Å². The van der Waals surface area contributed by atoms with Gasteiger partial charge in [-0.2, -0.15) is 0 Å². The number of carbonyl (C=O) groups excluding carboxylic acids is 1. The Balaban J connectivity index is 1.44. The third-order valence-electron chi connectivity index (χ3n) is 6.00. The number of likely N-dealkylation sites (tertiary alicyclic amines) is 1.